The smallest absolute Gasteiger partial charge is 0.261 e. The highest BCUT2D eigenvalue weighted by Gasteiger charge is 2.41. The maximum Gasteiger partial charge on any atom is 0.261 e. The fourth-order valence-corrected chi connectivity index (χ4v) is 5.73. The molecular formula is C27H24N2O4. The zero-order chi connectivity index (χ0) is 22.9. The summed E-state index contributed by atoms with van der Waals surface area (Å²) in [6, 6.07) is 3.62. The van der Waals surface area contributed by atoms with E-state index in [0.717, 1.165) is 54.4 Å². The molecule has 33 heavy (non-hydrogen) atoms. The molecule has 2 heterocycles. The molecule has 0 spiro atoms. The van der Waals surface area contributed by atoms with Gasteiger partial charge in [0, 0.05) is 12.6 Å². The number of benzene rings is 1. The number of nitrogens with zero attached hydrogens (tertiary/aromatic N) is 2. The molecule has 6 nitrogen and oxygen atoms in total. The molecule has 1 aromatic carbocycles. The van der Waals surface area contributed by atoms with E-state index < -0.39 is 0 Å². The van der Waals surface area contributed by atoms with Crippen LogP contribution in [0.1, 0.15) is 77.3 Å². The van der Waals surface area contributed by atoms with Crippen LogP contribution in [-0.4, -0.2) is 46.0 Å². The molecule has 2 bridgehead atoms. The third-order valence-corrected chi connectivity index (χ3v) is 7.37. The lowest BCUT2D eigenvalue weighted by atomic mass is 9.94. The summed E-state index contributed by atoms with van der Waals surface area (Å²) < 4.78 is 0. The highest BCUT2D eigenvalue weighted by molar-refractivity contribution is 6.25. The molecule has 1 saturated heterocycles. The highest BCUT2D eigenvalue weighted by atomic mass is 16.2. The lowest BCUT2D eigenvalue weighted by Gasteiger charge is -2.29. The second-order valence-electron chi connectivity index (χ2n) is 9.38. The molecule has 3 aliphatic carbocycles. The van der Waals surface area contributed by atoms with Crippen molar-refractivity contribution >= 4 is 35.8 Å². The van der Waals surface area contributed by atoms with Crippen LogP contribution in [0.5, 0.6) is 0 Å². The number of hydrogen-bond acceptors (Lipinski definition) is 4. The molecule has 2 fully saturated rings. The minimum Gasteiger partial charge on any atom is -0.275 e. The Hall–Kier alpha value is -3.54. The maximum atomic E-state index is 13.2. The molecule has 0 radical (unpaired) electrons. The number of carbonyl (C=O) groups is 4. The Bertz CT molecular complexity index is 1200. The number of carbonyl (C=O) groups excluding carboxylic acids is 4. The summed E-state index contributed by atoms with van der Waals surface area (Å²) in [4.78, 5) is 54.6. The number of likely N-dealkylation sites (N-methyl/N-ethyl adjacent to an activating group) is 1. The number of imide groups is 2. The molecule has 166 valence electrons. The monoisotopic (exact) mass is 440 g/mol. The van der Waals surface area contributed by atoms with E-state index in [9.17, 15) is 19.2 Å². The molecule has 0 atom stereocenters. The van der Waals surface area contributed by atoms with Crippen molar-refractivity contribution in [3.05, 3.63) is 68.8 Å². The van der Waals surface area contributed by atoms with Gasteiger partial charge in [0.1, 0.15) is 0 Å². The van der Waals surface area contributed by atoms with Gasteiger partial charge >= 0.3 is 0 Å². The van der Waals surface area contributed by atoms with Crippen LogP contribution >= 0.6 is 0 Å². The van der Waals surface area contributed by atoms with Crippen LogP contribution in [-0.2, 0) is 9.59 Å². The fraction of sp³-hybridized carbons (Fsp3) is 0.333. The van der Waals surface area contributed by atoms with Crippen molar-refractivity contribution in [3.63, 3.8) is 0 Å². The summed E-state index contributed by atoms with van der Waals surface area (Å²) in [5.41, 5.74) is 5.28. The highest BCUT2D eigenvalue weighted by Crippen LogP contribution is 2.39. The summed E-state index contributed by atoms with van der Waals surface area (Å²) >= 11 is 0. The van der Waals surface area contributed by atoms with Gasteiger partial charge in [-0.3, -0.25) is 29.0 Å². The first-order chi connectivity index (χ1) is 16.0. The zero-order valence-corrected chi connectivity index (χ0v) is 18.5. The van der Waals surface area contributed by atoms with Crippen molar-refractivity contribution in [1.82, 2.24) is 9.80 Å². The largest absolute Gasteiger partial charge is 0.275 e. The Morgan fingerprint density at radius 1 is 0.727 bits per heavy atom. The number of fused-ring (bicyclic) bond motifs is 5. The Balaban J connectivity index is 1.45. The van der Waals surface area contributed by atoms with E-state index in [2.05, 4.69) is 0 Å². The van der Waals surface area contributed by atoms with E-state index in [-0.39, 0.29) is 29.7 Å². The van der Waals surface area contributed by atoms with E-state index in [1.54, 1.807) is 19.1 Å². The van der Waals surface area contributed by atoms with Crippen molar-refractivity contribution in [2.75, 3.05) is 6.54 Å². The molecule has 6 rings (SSSR count). The minimum absolute atomic E-state index is 0.0161. The van der Waals surface area contributed by atoms with Crippen molar-refractivity contribution in [3.8, 4) is 0 Å². The Kier molecular flexibility index (Phi) is 4.41. The molecule has 0 unspecified atom stereocenters. The molecule has 0 aromatic heterocycles. The quantitative estimate of drug-likeness (QED) is 0.651. The van der Waals surface area contributed by atoms with Gasteiger partial charge in [-0.05, 0) is 72.7 Å². The van der Waals surface area contributed by atoms with E-state index in [0.29, 0.717) is 35.2 Å². The topological polar surface area (TPSA) is 74.8 Å². The first-order valence-electron chi connectivity index (χ1n) is 11.7. The summed E-state index contributed by atoms with van der Waals surface area (Å²) in [6.45, 7) is 2.12. The predicted molar refractivity (Wildman–Crippen MR) is 123 cm³/mol. The molecular weight excluding hydrogens is 416 g/mol. The third kappa shape index (κ3) is 2.93. The van der Waals surface area contributed by atoms with Gasteiger partial charge in [-0.1, -0.05) is 31.4 Å². The second kappa shape index (κ2) is 7.24. The zero-order valence-electron chi connectivity index (χ0n) is 18.5. The van der Waals surface area contributed by atoms with Gasteiger partial charge in [-0.2, -0.15) is 0 Å². The lowest BCUT2D eigenvalue weighted by Crippen LogP contribution is -2.40. The molecule has 1 aromatic rings. The van der Waals surface area contributed by atoms with Crippen LogP contribution < -0.4 is 0 Å². The minimum atomic E-state index is -0.264. The third-order valence-electron chi connectivity index (χ3n) is 7.37. The predicted octanol–water partition coefficient (Wildman–Crippen LogP) is 4.04. The van der Waals surface area contributed by atoms with Crippen molar-refractivity contribution in [2.45, 2.75) is 51.5 Å². The van der Waals surface area contributed by atoms with Crippen molar-refractivity contribution < 1.29 is 19.2 Å². The molecule has 5 aliphatic rings. The normalized spacial score (nSPS) is 22.2. The number of rotatable bonds is 2. The number of amides is 4. The first-order valence-corrected chi connectivity index (χ1v) is 11.7. The van der Waals surface area contributed by atoms with Gasteiger partial charge in [-0.15, -0.1) is 0 Å². The van der Waals surface area contributed by atoms with E-state index in [1.807, 2.05) is 24.3 Å². The van der Waals surface area contributed by atoms with Crippen molar-refractivity contribution in [2.24, 2.45) is 0 Å². The molecule has 2 aliphatic heterocycles. The SMILES string of the molecule is CCN1C(=O)C2=CC3=Cc4cc5c(cc4C=C(C=C2C1=O)C3)C(=O)N(C1CCCCC1)C5=O. The summed E-state index contributed by atoms with van der Waals surface area (Å²) in [5, 5.41) is 0. The van der Waals surface area contributed by atoms with Crippen LogP contribution in [0.4, 0.5) is 0 Å². The Morgan fingerprint density at radius 3 is 1.73 bits per heavy atom. The second-order valence-corrected chi connectivity index (χ2v) is 9.38. The van der Waals surface area contributed by atoms with Gasteiger partial charge < -0.3 is 0 Å². The van der Waals surface area contributed by atoms with Gasteiger partial charge in [0.05, 0.1) is 22.3 Å². The maximum absolute atomic E-state index is 13.2. The molecule has 1 saturated carbocycles. The fourth-order valence-electron chi connectivity index (χ4n) is 5.73. The molecule has 0 N–H and O–H groups in total. The van der Waals surface area contributed by atoms with Crippen LogP contribution in [0.15, 0.2) is 46.6 Å². The van der Waals surface area contributed by atoms with E-state index >= 15 is 0 Å². The van der Waals surface area contributed by atoms with Gasteiger partial charge in [0.25, 0.3) is 23.6 Å². The first kappa shape index (κ1) is 20.1. The van der Waals surface area contributed by atoms with E-state index in [1.165, 1.54) is 9.80 Å². The lowest BCUT2D eigenvalue weighted by molar-refractivity contribution is -0.136. The Labute approximate surface area is 191 Å². The number of likely N-dealkylation sites (tertiary alicyclic amines) is 1. The number of hydrogen-bond donors (Lipinski definition) is 0. The molecule has 4 amide bonds. The molecule has 6 heteroatoms. The average Bonchev–Trinajstić information content (AvgIpc) is 3.03. The van der Waals surface area contributed by atoms with Gasteiger partial charge in [0.2, 0.25) is 0 Å². The standard InChI is InChI=1S/C27H24N2O4/c1-2-28-24(30)20-11-15-8-16(12-21(20)25(28)31)10-18-14-23-22(13-17(18)9-15)26(32)29(27(23)33)19-6-4-3-5-7-19/h9-14,19H,2-8H2,1H3. The summed E-state index contributed by atoms with van der Waals surface area (Å²) in [6.07, 6.45) is 13.1. The van der Waals surface area contributed by atoms with Crippen LogP contribution in [0, 0.1) is 0 Å². The van der Waals surface area contributed by atoms with Crippen LogP contribution in [0.3, 0.4) is 0 Å². The summed E-state index contributed by atoms with van der Waals surface area (Å²) in [7, 11) is 0. The van der Waals surface area contributed by atoms with E-state index in [4.69, 9.17) is 0 Å². The number of allylic oxidation sites excluding steroid dienone is 4. The van der Waals surface area contributed by atoms with Crippen molar-refractivity contribution in [1.29, 1.82) is 0 Å². The van der Waals surface area contributed by atoms with Gasteiger partial charge in [0.15, 0.2) is 0 Å². The van der Waals surface area contributed by atoms with Crippen LogP contribution in [0.2, 0.25) is 0 Å². The van der Waals surface area contributed by atoms with Gasteiger partial charge in [-0.25, -0.2) is 0 Å². The van der Waals surface area contributed by atoms with Crippen LogP contribution in [0.25, 0.3) is 12.2 Å². The average molecular weight is 440 g/mol. The Morgan fingerprint density at radius 2 is 1.24 bits per heavy atom. The summed E-state index contributed by atoms with van der Waals surface area (Å²) in [5.74, 6) is -0.925.